The number of hydrogen-bond donors (Lipinski definition) is 2. The zero-order valence-electron chi connectivity index (χ0n) is 9.58. The molecule has 3 amide bonds. The number of nitrogens with zero attached hydrogens (tertiary/aromatic N) is 1. The van der Waals surface area contributed by atoms with Crippen molar-refractivity contribution in [3.05, 3.63) is 0 Å². The summed E-state index contributed by atoms with van der Waals surface area (Å²) in [6.45, 7) is 4.59. The number of carbonyl (C=O) groups is 3. The fourth-order valence-electron chi connectivity index (χ4n) is 1.63. The number of nitrogens with one attached hydrogen (secondary N) is 2. The second-order valence-electron chi connectivity index (χ2n) is 3.88. The topological polar surface area (TPSA) is 78.5 Å². The van der Waals surface area contributed by atoms with Gasteiger partial charge in [-0.15, -0.1) is 0 Å². The van der Waals surface area contributed by atoms with E-state index in [0.717, 1.165) is 6.54 Å². The highest BCUT2D eigenvalue weighted by Gasteiger charge is 2.26. The molecule has 90 valence electrons. The van der Waals surface area contributed by atoms with Gasteiger partial charge in [0.15, 0.2) is 0 Å². The van der Waals surface area contributed by atoms with Crippen molar-refractivity contribution < 1.29 is 14.4 Å². The van der Waals surface area contributed by atoms with Crippen molar-refractivity contribution in [3.63, 3.8) is 0 Å². The fraction of sp³-hybridized carbons (Fsp3) is 0.700. The molecule has 1 aliphatic rings. The van der Waals surface area contributed by atoms with Gasteiger partial charge in [-0.2, -0.15) is 0 Å². The molecule has 2 N–H and O–H groups in total. The average molecular weight is 227 g/mol. The number of rotatable bonds is 4. The van der Waals surface area contributed by atoms with Crippen molar-refractivity contribution >= 4 is 17.7 Å². The largest absolute Gasteiger partial charge is 0.324 e. The monoisotopic (exact) mass is 227 g/mol. The lowest BCUT2D eigenvalue weighted by Crippen LogP contribution is -2.54. The Kier molecular flexibility index (Phi) is 4.42. The maximum absolute atomic E-state index is 11.7. The summed E-state index contributed by atoms with van der Waals surface area (Å²) in [5.41, 5.74) is 0. The summed E-state index contributed by atoms with van der Waals surface area (Å²) in [6.07, 6.45) is 0.300. The van der Waals surface area contributed by atoms with Gasteiger partial charge in [-0.25, -0.2) is 0 Å². The van der Waals surface area contributed by atoms with Gasteiger partial charge in [0, 0.05) is 12.5 Å². The van der Waals surface area contributed by atoms with Gasteiger partial charge in [-0.1, -0.05) is 6.92 Å². The fourth-order valence-corrected chi connectivity index (χ4v) is 1.63. The van der Waals surface area contributed by atoms with Crippen molar-refractivity contribution in [2.45, 2.75) is 26.3 Å². The van der Waals surface area contributed by atoms with Crippen molar-refractivity contribution in [1.82, 2.24) is 15.5 Å². The normalized spacial score (nSPS) is 18.2. The van der Waals surface area contributed by atoms with Crippen LogP contribution in [0.5, 0.6) is 0 Å². The summed E-state index contributed by atoms with van der Waals surface area (Å²) >= 11 is 0. The highest BCUT2D eigenvalue weighted by atomic mass is 16.2. The summed E-state index contributed by atoms with van der Waals surface area (Å²) in [7, 11) is 0. The maximum Gasteiger partial charge on any atom is 0.246 e. The number of carbonyl (C=O) groups excluding carboxylic acids is 3. The first kappa shape index (κ1) is 12.6. The predicted octanol–water partition coefficient (Wildman–Crippen LogP) is -1.14. The zero-order valence-corrected chi connectivity index (χ0v) is 9.58. The molecule has 0 saturated carbocycles. The van der Waals surface area contributed by atoms with Crippen LogP contribution in [0.3, 0.4) is 0 Å². The molecule has 0 aromatic carbocycles. The van der Waals surface area contributed by atoms with Gasteiger partial charge in [0.1, 0.15) is 13.1 Å². The van der Waals surface area contributed by atoms with Crippen LogP contribution in [0, 0.1) is 0 Å². The lowest BCUT2D eigenvalue weighted by Gasteiger charge is -2.26. The van der Waals surface area contributed by atoms with Crippen LogP contribution in [0.1, 0.15) is 20.3 Å². The van der Waals surface area contributed by atoms with Crippen LogP contribution in [0.2, 0.25) is 0 Å². The van der Waals surface area contributed by atoms with E-state index in [4.69, 9.17) is 0 Å². The number of amides is 3. The second kappa shape index (κ2) is 5.60. The van der Waals surface area contributed by atoms with E-state index in [1.165, 1.54) is 4.90 Å². The highest BCUT2D eigenvalue weighted by Crippen LogP contribution is 2.01. The summed E-state index contributed by atoms with van der Waals surface area (Å²) in [6, 6.07) is 0.0533. The van der Waals surface area contributed by atoms with Gasteiger partial charge in [0.05, 0.1) is 0 Å². The Morgan fingerprint density at radius 2 is 2.00 bits per heavy atom. The molecular weight excluding hydrogens is 210 g/mol. The average Bonchev–Trinajstić information content (AvgIpc) is 2.16. The Bertz CT molecular complexity index is 288. The molecule has 1 heterocycles. The minimum Gasteiger partial charge on any atom is -0.324 e. The molecule has 1 fully saturated rings. The number of piperazine rings is 1. The van der Waals surface area contributed by atoms with Crippen molar-refractivity contribution in [2.75, 3.05) is 19.6 Å². The lowest BCUT2D eigenvalue weighted by molar-refractivity contribution is -0.145. The molecule has 0 aromatic heterocycles. The van der Waals surface area contributed by atoms with E-state index in [1.807, 2.05) is 13.8 Å². The molecule has 1 rings (SSSR count). The van der Waals surface area contributed by atoms with Crippen LogP contribution in [-0.4, -0.2) is 48.3 Å². The quantitative estimate of drug-likeness (QED) is 0.595. The molecule has 0 aliphatic carbocycles. The van der Waals surface area contributed by atoms with Crippen LogP contribution >= 0.6 is 0 Å². The molecular formula is C10H17N3O3. The standard InChI is InChI=1S/C10H17N3O3/c1-3-11-7(2)4-10(16)13-5-8(14)12-9(15)6-13/h7,11H,3-6H2,1-2H3,(H,12,14,15). The number of imide groups is 1. The van der Waals surface area contributed by atoms with E-state index in [2.05, 4.69) is 10.6 Å². The van der Waals surface area contributed by atoms with Crippen molar-refractivity contribution in [1.29, 1.82) is 0 Å². The van der Waals surface area contributed by atoms with E-state index < -0.39 is 11.8 Å². The SMILES string of the molecule is CCNC(C)CC(=O)N1CC(=O)NC(=O)C1. The van der Waals surface area contributed by atoms with Gasteiger partial charge >= 0.3 is 0 Å². The van der Waals surface area contributed by atoms with Gasteiger partial charge in [0.25, 0.3) is 0 Å². The van der Waals surface area contributed by atoms with Crippen LogP contribution in [0.25, 0.3) is 0 Å². The van der Waals surface area contributed by atoms with Gasteiger partial charge in [-0.05, 0) is 13.5 Å². The predicted molar refractivity (Wildman–Crippen MR) is 57.5 cm³/mol. The van der Waals surface area contributed by atoms with Crippen LogP contribution in [-0.2, 0) is 14.4 Å². The van der Waals surface area contributed by atoms with Crippen LogP contribution in [0.15, 0.2) is 0 Å². The Labute approximate surface area is 94.4 Å². The van der Waals surface area contributed by atoms with E-state index in [9.17, 15) is 14.4 Å². The first-order chi connectivity index (χ1) is 7.52. The highest BCUT2D eigenvalue weighted by molar-refractivity contribution is 6.02. The molecule has 1 unspecified atom stereocenters. The van der Waals surface area contributed by atoms with Crippen molar-refractivity contribution in [2.24, 2.45) is 0 Å². The van der Waals surface area contributed by atoms with Crippen molar-refractivity contribution in [3.8, 4) is 0 Å². The van der Waals surface area contributed by atoms with E-state index in [-0.39, 0.29) is 25.0 Å². The van der Waals surface area contributed by atoms with Crippen LogP contribution < -0.4 is 10.6 Å². The third-order valence-electron chi connectivity index (χ3n) is 2.33. The van der Waals surface area contributed by atoms with Gasteiger partial charge in [0.2, 0.25) is 17.7 Å². The Morgan fingerprint density at radius 3 is 2.50 bits per heavy atom. The maximum atomic E-state index is 11.7. The molecule has 1 aliphatic heterocycles. The summed E-state index contributed by atoms with van der Waals surface area (Å²) in [4.78, 5) is 35.1. The molecule has 0 radical (unpaired) electrons. The zero-order chi connectivity index (χ0) is 12.1. The summed E-state index contributed by atoms with van der Waals surface area (Å²) in [5.74, 6) is -1.00. The second-order valence-corrected chi connectivity index (χ2v) is 3.88. The molecule has 6 heteroatoms. The van der Waals surface area contributed by atoms with E-state index in [0.29, 0.717) is 6.42 Å². The first-order valence-corrected chi connectivity index (χ1v) is 5.36. The molecule has 6 nitrogen and oxygen atoms in total. The van der Waals surface area contributed by atoms with Gasteiger partial charge < -0.3 is 10.2 Å². The summed E-state index contributed by atoms with van der Waals surface area (Å²) < 4.78 is 0. The Balaban J connectivity index is 2.47. The molecule has 0 aromatic rings. The molecule has 16 heavy (non-hydrogen) atoms. The third-order valence-corrected chi connectivity index (χ3v) is 2.33. The van der Waals surface area contributed by atoms with Crippen LogP contribution in [0.4, 0.5) is 0 Å². The minimum atomic E-state index is -0.416. The van der Waals surface area contributed by atoms with E-state index in [1.54, 1.807) is 0 Å². The minimum absolute atomic E-state index is 0.0244. The first-order valence-electron chi connectivity index (χ1n) is 5.36. The molecule has 1 saturated heterocycles. The Hall–Kier alpha value is -1.43. The number of hydrogen-bond acceptors (Lipinski definition) is 4. The van der Waals surface area contributed by atoms with E-state index >= 15 is 0 Å². The molecule has 0 spiro atoms. The summed E-state index contributed by atoms with van der Waals surface area (Å²) in [5, 5.41) is 5.26. The van der Waals surface area contributed by atoms with Gasteiger partial charge in [-0.3, -0.25) is 19.7 Å². The lowest BCUT2D eigenvalue weighted by atomic mass is 10.2. The molecule has 1 atom stereocenters. The molecule has 0 bridgehead atoms. The third kappa shape index (κ3) is 3.62. The Morgan fingerprint density at radius 1 is 1.44 bits per heavy atom. The smallest absolute Gasteiger partial charge is 0.246 e.